The fourth-order valence-corrected chi connectivity index (χ4v) is 25.2. The van der Waals surface area contributed by atoms with Crippen molar-refractivity contribution in [3.05, 3.63) is 173 Å². The topological polar surface area (TPSA) is 284 Å². The van der Waals surface area contributed by atoms with E-state index < -0.39 is 0 Å². The van der Waals surface area contributed by atoms with Gasteiger partial charge in [0.1, 0.15) is 34.4 Å². The number of anilines is 12. The number of carbonyl (C=O) groups excluding carboxylic acids is 2. The van der Waals surface area contributed by atoms with E-state index in [9.17, 15) is 9.59 Å². The first-order chi connectivity index (χ1) is 64.8. The number of nitrogens with zero attached hydrogens (tertiary/aromatic N) is 22. The van der Waals surface area contributed by atoms with Gasteiger partial charge in [-0.2, -0.15) is 4.98 Å². The second kappa shape index (κ2) is 37.4. The van der Waals surface area contributed by atoms with Gasteiger partial charge < -0.3 is 74.4 Å². The molecule has 0 bridgehead atoms. The zero-order valence-electron chi connectivity index (χ0n) is 78.3. The number of nitrogens with one attached hydrogen (secondary N) is 4. The standard InChI is InChI=1S/C27H35N7.C26H33N7.C25H30N6O2.C25H30N6OS/c1-19-16-27(9-5-4-6-10-27)24-22(33(19)3)15-20-17-29-26(31-25(20)24)30-23-8-7-21(18-28-23)34-13-11-32(2)12-14-34;1-19-14-22-15-20-17-28-25(30-24(20)33(22)26(16-19)8-4-3-5-9-26)29-23-7-6-21(18-27-23)32-12-10-31(2)11-13-32;2*1-30-11-13-31(14-12-30)17-5-6-20(26-15-17)28-24-27-16-19-22(29-24)21-23(33-19)18(32)7-10-25(21)8-3-2-4-9-25/h7-8,17-18H,1,4-6,9-16H2,2-3H3,(H,28,29,30,31);6-7,15,17-18H,1,3-5,8-14,16H2,2H3,(H,27,28,29,30);2*5-6,15-16H,2-4,7-14H2,1H3,(H,26,27,28,29). The molecule has 0 atom stereocenters. The number of allylic oxidation sites excluding steroid dienone is 4. The number of pyridine rings is 4. The van der Waals surface area contributed by atoms with Crippen LogP contribution in [-0.2, 0) is 29.2 Å². The molecule has 4 spiro atoms. The first-order valence-corrected chi connectivity index (χ1v) is 50.1. The van der Waals surface area contributed by atoms with E-state index in [0.29, 0.717) is 53.8 Å². The van der Waals surface area contributed by atoms with Crippen molar-refractivity contribution in [3.63, 3.8) is 0 Å². The molecule has 24 rings (SSSR count). The van der Waals surface area contributed by atoms with Crippen molar-refractivity contribution in [3.8, 4) is 0 Å². The molecule has 0 unspecified atom stereocenters. The lowest BCUT2D eigenvalue weighted by Crippen LogP contribution is -2.44. The second-order valence-electron chi connectivity index (χ2n) is 40.3. The zero-order chi connectivity index (χ0) is 90.5. The van der Waals surface area contributed by atoms with E-state index in [1.165, 1.54) is 166 Å². The van der Waals surface area contributed by atoms with Crippen molar-refractivity contribution in [1.29, 1.82) is 0 Å². The van der Waals surface area contributed by atoms with Gasteiger partial charge in [0.05, 0.1) is 80.7 Å². The van der Waals surface area contributed by atoms with Crippen molar-refractivity contribution in [2.24, 2.45) is 5.41 Å². The Kier molecular flexibility index (Phi) is 24.8. The first-order valence-electron chi connectivity index (χ1n) is 49.2. The quantitative estimate of drug-likeness (QED) is 0.0827. The highest BCUT2D eigenvalue weighted by atomic mass is 32.1. The fraction of sp³-hybridized carbons (Fsp3) is 0.515. The molecular formula is C103H128N26O3S. The summed E-state index contributed by atoms with van der Waals surface area (Å²) < 4.78 is 9.55. The highest BCUT2D eigenvalue weighted by Gasteiger charge is 2.50. The first kappa shape index (κ1) is 88.2. The molecule has 7 aliphatic carbocycles. The number of hydrogen-bond donors (Lipinski definition) is 4. The van der Waals surface area contributed by atoms with Gasteiger partial charge in [-0.25, -0.2) is 54.8 Å². The summed E-state index contributed by atoms with van der Waals surface area (Å²) >= 11 is 1.58. The predicted molar refractivity (Wildman–Crippen MR) is 531 cm³/mol. The van der Waals surface area contributed by atoms with Gasteiger partial charge in [0.25, 0.3) is 0 Å². The van der Waals surface area contributed by atoms with Crippen LogP contribution in [-0.4, -0.2) is 240 Å². The fourth-order valence-electron chi connectivity index (χ4n) is 24.0. The van der Waals surface area contributed by atoms with E-state index in [0.717, 1.165) is 228 Å². The van der Waals surface area contributed by atoms with Crippen LogP contribution < -0.4 is 40.9 Å². The number of fused-ring (bicyclic) bond motifs is 15. The number of ketones is 2. The maximum absolute atomic E-state index is 12.8. The summed E-state index contributed by atoms with van der Waals surface area (Å²) in [5.74, 6) is 6.15. The van der Waals surface area contributed by atoms with Gasteiger partial charge in [0.2, 0.25) is 23.8 Å². The molecule has 8 fully saturated rings. The molecule has 0 amide bonds. The monoisotopic (exact) mass is 1810 g/mol. The van der Waals surface area contributed by atoms with Crippen molar-refractivity contribution >= 4 is 131 Å². The Bertz CT molecular complexity index is 5940. The molecule has 17 heterocycles. The van der Waals surface area contributed by atoms with Crippen LogP contribution in [0.3, 0.4) is 0 Å². The number of likely N-dealkylation sites (N-methyl/N-ethyl adjacent to an activating group) is 5. The lowest BCUT2D eigenvalue weighted by atomic mass is 9.63. The lowest BCUT2D eigenvalue weighted by Gasteiger charge is -2.46. The summed E-state index contributed by atoms with van der Waals surface area (Å²) in [5.41, 5.74) is 19.9. The van der Waals surface area contributed by atoms with Gasteiger partial charge in [-0.1, -0.05) is 95.8 Å². The predicted octanol–water partition coefficient (Wildman–Crippen LogP) is 18.0. The average Bonchev–Trinajstić information content (AvgIpc) is 1.61. The molecular weight excluding hydrogens is 1680 g/mol. The molecule has 0 aromatic carbocycles. The molecule has 4 N–H and O–H groups in total. The third kappa shape index (κ3) is 18.0. The van der Waals surface area contributed by atoms with Crippen molar-refractivity contribution in [2.45, 2.75) is 196 Å². The number of furan rings is 1. The molecule has 30 heteroatoms. The molecule has 4 saturated heterocycles. The van der Waals surface area contributed by atoms with Crippen molar-refractivity contribution in [1.82, 2.24) is 88.9 Å². The van der Waals surface area contributed by atoms with Crippen molar-refractivity contribution in [2.75, 3.05) is 181 Å². The van der Waals surface area contributed by atoms with E-state index in [1.54, 1.807) is 17.5 Å². The second-order valence-corrected chi connectivity index (χ2v) is 41.3. The number of carbonyl (C=O) groups is 2. The maximum Gasteiger partial charge on any atom is 0.230 e. The molecule has 6 aliphatic heterocycles. The van der Waals surface area contributed by atoms with Crippen molar-refractivity contribution < 1.29 is 14.0 Å². The smallest absolute Gasteiger partial charge is 0.230 e. The Hall–Kier alpha value is -11.4. The summed E-state index contributed by atoms with van der Waals surface area (Å²) in [7, 11) is 10.8. The van der Waals surface area contributed by atoms with E-state index in [-0.39, 0.29) is 33.4 Å². The number of rotatable bonds is 12. The minimum Gasteiger partial charge on any atom is -0.449 e. The minimum absolute atomic E-state index is 0.0147. The maximum atomic E-state index is 12.8. The Morgan fingerprint density at radius 2 is 0.835 bits per heavy atom. The van der Waals surface area contributed by atoms with E-state index in [2.05, 4.69) is 189 Å². The molecule has 29 nitrogen and oxygen atoms in total. The average molecular weight is 1810 g/mol. The van der Waals surface area contributed by atoms with Gasteiger partial charge >= 0.3 is 0 Å². The van der Waals surface area contributed by atoms with Crippen LogP contribution in [0.2, 0.25) is 0 Å². The van der Waals surface area contributed by atoms with Gasteiger partial charge in [-0.05, 0) is 165 Å². The number of aromatic nitrogens is 13. The lowest BCUT2D eigenvalue weighted by molar-refractivity contribution is 0.0907. The van der Waals surface area contributed by atoms with Gasteiger partial charge in [0, 0.05) is 211 Å². The molecule has 4 saturated carbocycles. The van der Waals surface area contributed by atoms with Crippen LogP contribution in [0, 0.1) is 5.41 Å². The largest absolute Gasteiger partial charge is 0.449 e. The zero-order valence-corrected chi connectivity index (χ0v) is 79.1. The normalized spacial score (nSPS) is 21.2. The van der Waals surface area contributed by atoms with Crippen LogP contribution in [0.25, 0.3) is 37.9 Å². The van der Waals surface area contributed by atoms with Gasteiger partial charge in [0.15, 0.2) is 22.9 Å². The summed E-state index contributed by atoms with van der Waals surface area (Å²) in [6.45, 7) is 25.6. The molecule has 0 radical (unpaired) electrons. The Labute approximate surface area is 784 Å². The molecule has 694 valence electrons. The highest BCUT2D eigenvalue weighted by Crippen LogP contribution is 2.59. The minimum atomic E-state index is 0.0147. The van der Waals surface area contributed by atoms with E-state index >= 15 is 0 Å². The summed E-state index contributed by atoms with van der Waals surface area (Å²) in [6, 6.07) is 18.8. The van der Waals surface area contributed by atoms with Crippen LogP contribution in [0.15, 0.2) is 139 Å². The van der Waals surface area contributed by atoms with Crippen LogP contribution in [0.1, 0.15) is 215 Å². The third-order valence-corrected chi connectivity index (χ3v) is 32.7. The SMILES string of the molecule is C=C1CC2(CCCCC2)C2=C(Cc3cnc(Nc4ccc(N5CCN(C)CC5)cn4)nc32)N1C.C=C1Cc2cc3cnc(Nc4ccc(N5CCN(C)CC5)cn4)nc3n2C2(CCCCC2)C1.CN1CCN(c2ccc(Nc3ncc4oc5c(c4n3)C3(CCCCC3)CCC5=O)nc2)CC1.CN1CCN(c2ccc(Nc3ncc4sc5c(c4n3)C3(CCCCC3)CCC5=O)nc2)CC1. The molecule has 11 aromatic rings. The molecule has 133 heavy (non-hydrogen) atoms. The van der Waals surface area contributed by atoms with Gasteiger partial charge in [-0.15, -0.1) is 11.3 Å². The van der Waals surface area contributed by atoms with E-state index in [1.807, 2.05) is 67.6 Å². The number of piperazine rings is 4. The van der Waals surface area contributed by atoms with E-state index in [4.69, 9.17) is 24.4 Å². The van der Waals surface area contributed by atoms with Gasteiger partial charge in [-0.3, -0.25) is 9.59 Å². The molecule has 13 aliphatic rings. The Morgan fingerprint density at radius 1 is 0.406 bits per heavy atom. The Morgan fingerprint density at radius 3 is 1.32 bits per heavy atom. The Balaban J connectivity index is 0.000000107. The van der Waals surface area contributed by atoms with Crippen LogP contribution in [0.4, 0.5) is 69.8 Å². The summed E-state index contributed by atoms with van der Waals surface area (Å²) in [6.07, 6.45) is 47.0. The number of thiophene rings is 1. The number of hydrogen-bond acceptors (Lipinski definition) is 29. The third-order valence-electron chi connectivity index (χ3n) is 31.5. The highest BCUT2D eigenvalue weighted by molar-refractivity contribution is 7.21. The summed E-state index contributed by atoms with van der Waals surface area (Å²) in [5, 5.41) is 14.4. The summed E-state index contributed by atoms with van der Waals surface area (Å²) in [4.78, 5) is 104. The van der Waals surface area contributed by atoms with Crippen LogP contribution in [0.5, 0.6) is 0 Å². The molecule has 11 aromatic heterocycles. The number of Topliss-reactive ketones (excluding diaryl/α,β-unsaturated/α-hetero) is 2. The van der Waals surface area contributed by atoms with Crippen LogP contribution >= 0.6 is 11.3 Å².